The van der Waals surface area contributed by atoms with E-state index in [1.54, 1.807) is 23.2 Å². The van der Waals surface area contributed by atoms with E-state index in [4.69, 9.17) is 0 Å². The van der Waals surface area contributed by atoms with Gasteiger partial charge in [-0.2, -0.15) is 13.2 Å². The van der Waals surface area contributed by atoms with Crippen molar-refractivity contribution in [1.29, 1.82) is 0 Å². The van der Waals surface area contributed by atoms with E-state index >= 15 is 0 Å². The van der Waals surface area contributed by atoms with E-state index < -0.39 is 17.6 Å². The first-order chi connectivity index (χ1) is 10.9. The molecule has 0 N–H and O–H groups in total. The lowest BCUT2D eigenvalue weighted by molar-refractivity contribution is -0.138. The van der Waals surface area contributed by atoms with Gasteiger partial charge >= 0.3 is 6.18 Å². The average Bonchev–Trinajstić information content (AvgIpc) is 2.51. The fourth-order valence-corrected chi connectivity index (χ4v) is 2.90. The number of halogens is 5. The number of benzene rings is 2. The number of nitrogens with zero attached hydrogens (tertiary/aromatic N) is 2. The Morgan fingerprint density at radius 3 is 2.61 bits per heavy atom. The highest BCUT2D eigenvalue weighted by Crippen LogP contribution is 2.32. The van der Waals surface area contributed by atoms with Crippen molar-refractivity contribution in [3.05, 3.63) is 68.4 Å². The van der Waals surface area contributed by atoms with Crippen molar-refractivity contribution in [2.45, 2.75) is 12.7 Å². The minimum Gasteiger partial charge on any atom is -0.353 e. The number of hydrogen-bond donors (Lipinski definition) is 0. The first-order valence-corrected chi connectivity index (χ1v) is 7.55. The van der Waals surface area contributed by atoms with E-state index in [9.17, 15) is 17.6 Å². The number of alkyl halides is 3. The Morgan fingerprint density at radius 2 is 1.87 bits per heavy atom. The first-order valence-electron chi connectivity index (χ1n) is 6.76. The summed E-state index contributed by atoms with van der Waals surface area (Å²) in [5.74, 6) is -0.449. The highest BCUT2D eigenvalue weighted by Gasteiger charge is 2.33. The van der Waals surface area contributed by atoms with E-state index in [0.717, 1.165) is 6.07 Å². The Bertz CT molecular complexity index is 861. The predicted octanol–water partition coefficient (Wildman–Crippen LogP) is 3.44. The molecule has 0 radical (unpaired) electrons. The van der Waals surface area contributed by atoms with Gasteiger partial charge in [0.25, 0.3) is 0 Å². The molecule has 0 bridgehead atoms. The minimum atomic E-state index is -4.41. The van der Waals surface area contributed by atoms with Crippen molar-refractivity contribution in [2.75, 3.05) is 6.67 Å². The highest BCUT2D eigenvalue weighted by molar-refractivity contribution is 9.10. The predicted molar refractivity (Wildman–Crippen MR) is 81.2 cm³/mol. The lowest BCUT2D eigenvalue weighted by Crippen LogP contribution is -2.38. The fourth-order valence-electron chi connectivity index (χ4n) is 2.47. The third-order valence-corrected chi connectivity index (χ3v) is 4.22. The Kier molecular flexibility index (Phi) is 4.14. The van der Waals surface area contributed by atoms with E-state index in [2.05, 4.69) is 20.9 Å². The zero-order chi connectivity index (χ0) is 16.6. The van der Waals surface area contributed by atoms with Gasteiger partial charge in [-0.15, -0.1) is 0 Å². The van der Waals surface area contributed by atoms with Crippen LogP contribution in [0.4, 0.5) is 17.6 Å². The lowest BCUT2D eigenvalue weighted by Gasteiger charge is -2.23. The molecule has 0 aromatic heterocycles. The van der Waals surface area contributed by atoms with Crippen molar-refractivity contribution in [3.63, 3.8) is 0 Å². The summed E-state index contributed by atoms with van der Waals surface area (Å²) in [4.78, 5) is 5.75. The smallest absolute Gasteiger partial charge is 0.353 e. The summed E-state index contributed by atoms with van der Waals surface area (Å²) in [6, 6.07) is 8.27. The molecular weight excluding hydrogens is 376 g/mol. The van der Waals surface area contributed by atoms with Gasteiger partial charge in [0.15, 0.2) is 0 Å². The molecule has 0 saturated carbocycles. The molecule has 7 heteroatoms. The van der Waals surface area contributed by atoms with E-state index in [-0.39, 0.29) is 24.1 Å². The molecule has 23 heavy (non-hydrogen) atoms. The molecule has 2 aromatic rings. The third-order valence-electron chi connectivity index (χ3n) is 3.53. The fraction of sp³-hybridized carbons (Fsp3) is 0.188. The molecule has 1 aliphatic heterocycles. The summed E-state index contributed by atoms with van der Waals surface area (Å²) in [6.07, 6.45) is -2.78. The van der Waals surface area contributed by atoms with Gasteiger partial charge in [-0.05, 0) is 23.8 Å². The zero-order valence-corrected chi connectivity index (χ0v) is 13.3. The second kappa shape index (κ2) is 5.96. The number of fused-ring (bicyclic) bond motifs is 1. The van der Waals surface area contributed by atoms with Crippen LogP contribution < -0.4 is 10.6 Å². The summed E-state index contributed by atoms with van der Waals surface area (Å²) in [6.45, 7) is 0.147. The average molecular weight is 387 g/mol. The van der Waals surface area contributed by atoms with E-state index in [1.807, 2.05) is 0 Å². The topological polar surface area (TPSA) is 15.6 Å². The van der Waals surface area contributed by atoms with Crippen LogP contribution in [0.2, 0.25) is 0 Å². The summed E-state index contributed by atoms with van der Waals surface area (Å²) >= 11 is 3.31. The van der Waals surface area contributed by atoms with Crippen molar-refractivity contribution in [3.8, 4) is 0 Å². The van der Waals surface area contributed by atoms with Crippen LogP contribution in [0.1, 0.15) is 11.1 Å². The quantitative estimate of drug-likeness (QED) is 0.721. The maximum Gasteiger partial charge on any atom is 0.416 e. The number of hydrogen-bond acceptors (Lipinski definition) is 2. The molecule has 2 nitrogen and oxygen atoms in total. The van der Waals surface area contributed by atoms with E-state index in [1.165, 1.54) is 18.2 Å². The SMILES string of the molecule is Fc1ccc(Br)c2c1=NCN(Cc1ccccc1C(F)(F)F)C=2. The molecule has 0 aliphatic carbocycles. The molecule has 0 fully saturated rings. The van der Waals surface area contributed by atoms with Gasteiger partial charge in [0.1, 0.15) is 17.8 Å². The first kappa shape index (κ1) is 16.0. The Morgan fingerprint density at radius 1 is 1.13 bits per heavy atom. The standard InChI is InChI=1S/C16H11BrF4N2/c17-13-5-6-14(18)15-11(13)8-23(9-22-15)7-10-3-1-2-4-12(10)16(19,20)21/h1-6,8H,7,9H2. The molecule has 0 saturated heterocycles. The van der Waals surface area contributed by atoms with Gasteiger partial charge in [-0.1, -0.05) is 34.1 Å². The maximum atomic E-state index is 13.7. The van der Waals surface area contributed by atoms with Crippen LogP contribution in [0.5, 0.6) is 0 Å². The van der Waals surface area contributed by atoms with E-state index in [0.29, 0.717) is 9.69 Å². The molecule has 0 amide bonds. The molecule has 0 spiro atoms. The maximum absolute atomic E-state index is 13.7. The normalized spacial score (nSPS) is 14.0. The van der Waals surface area contributed by atoms with Crippen LogP contribution >= 0.6 is 15.9 Å². The van der Waals surface area contributed by atoms with Crippen LogP contribution in [0.15, 0.2) is 45.9 Å². The van der Waals surface area contributed by atoms with Crippen molar-refractivity contribution in [1.82, 2.24) is 4.90 Å². The summed E-state index contributed by atoms with van der Waals surface area (Å²) in [7, 11) is 0. The van der Waals surface area contributed by atoms with Crippen LogP contribution in [-0.4, -0.2) is 11.6 Å². The minimum absolute atomic E-state index is 0.0432. The number of rotatable bonds is 2. The van der Waals surface area contributed by atoms with Gasteiger partial charge in [-0.25, -0.2) is 4.39 Å². The molecule has 0 unspecified atom stereocenters. The second-order valence-corrected chi connectivity index (χ2v) is 5.98. The Balaban J connectivity index is 1.98. The Hall–Kier alpha value is -1.89. The van der Waals surface area contributed by atoms with Crippen molar-refractivity contribution >= 4 is 22.1 Å². The molecule has 3 rings (SSSR count). The third kappa shape index (κ3) is 3.24. The molecular formula is C16H11BrF4N2. The van der Waals surface area contributed by atoms with Crippen molar-refractivity contribution in [2.24, 2.45) is 4.99 Å². The van der Waals surface area contributed by atoms with Crippen LogP contribution in [0.3, 0.4) is 0 Å². The summed E-state index contributed by atoms with van der Waals surface area (Å²) in [5, 5.41) is 0.750. The molecule has 0 atom stereocenters. The summed E-state index contributed by atoms with van der Waals surface area (Å²) < 4.78 is 53.5. The zero-order valence-electron chi connectivity index (χ0n) is 11.7. The van der Waals surface area contributed by atoms with Gasteiger partial charge in [0.05, 0.1) is 5.56 Å². The highest BCUT2D eigenvalue weighted by atomic mass is 79.9. The summed E-state index contributed by atoms with van der Waals surface area (Å²) in [5.41, 5.74) is -0.514. The monoisotopic (exact) mass is 386 g/mol. The van der Waals surface area contributed by atoms with Gasteiger partial charge in [-0.3, -0.25) is 4.99 Å². The largest absolute Gasteiger partial charge is 0.416 e. The molecule has 1 heterocycles. The van der Waals surface area contributed by atoms with Gasteiger partial charge < -0.3 is 4.90 Å². The second-order valence-electron chi connectivity index (χ2n) is 5.12. The van der Waals surface area contributed by atoms with Crippen LogP contribution in [0, 0.1) is 5.82 Å². The van der Waals surface area contributed by atoms with Gasteiger partial charge in [0, 0.05) is 22.4 Å². The Labute approximate surface area is 137 Å². The van der Waals surface area contributed by atoms with Crippen molar-refractivity contribution < 1.29 is 17.6 Å². The van der Waals surface area contributed by atoms with Crippen LogP contribution in [0.25, 0.3) is 6.20 Å². The molecule has 120 valence electrons. The lowest BCUT2D eigenvalue weighted by atomic mass is 10.1. The van der Waals surface area contributed by atoms with Crippen LogP contribution in [-0.2, 0) is 12.7 Å². The molecule has 1 aliphatic rings. The molecule has 2 aromatic carbocycles. The van der Waals surface area contributed by atoms with Gasteiger partial charge in [0.2, 0.25) is 0 Å².